The molecule has 1 fully saturated rings. The molecule has 1 aromatic carbocycles. The van der Waals surface area contributed by atoms with Crippen LogP contribution in [0.4, 0.5) is 0 Å². The Morgan fingerprint density at radius 3 is 2.82 bits per heavy atom. The highest BCUT2D eigenvalue weighted by Crippen LogP contribution is 2.15. The first-order chi connectivity index (χ1) is 8.20. The summed E-state index contributed by atoms with van der Waals surface area (Å²) >= 11 is 0. The summed E-state index contributed by atoms with van der Waals surface area (Å²) in [4.78, 5) is 4.81. The average Bonchev–Trinajstić information content (AvgIpc) is 2.33. The second-order valence-corrected chi connectivity index (χ2v) is 4.85. The Kier molecular flexibility index (Phi) is 3.78. The molecule has 90 valence electrons. The third-order valence-corrected chi connectivity index (χ3v) is 3.48. The maximum absolute atomic E-state index is 9.08. The smallest absolute Gasteiger partial charge is 0.0995 e. The Morgan fingerprint density at radius 2 is 2.12 bits per heavy atom. The van der Waals surface area contributed by atoms with Crippen molar-refractivity contribution in [1.82, 2.24) is 9.80 Å². The van der Waals surface area contributed by atoms with E-state index >= 15 is 0 Å². The van der Waals surface area contributed by atoms with Gasteiger partial charge in [0.15, 0.2) is 0 Å². The Labute approximate surface area is 103 Å². The van der Waals surface area contributed by atoms with Gasteiger partial charge in [0, 0.05) is 32.2 Å². The van der Waals surface area contributed by atoms with E-state index in [-0.39, 0.29) is 0 Å². The van der Waals surface area contributed by atoms with E-state index in [1.165, 1.54) is 0 Å². The van der Waals surface area contributed by atoms with Gasteiger partial charge in [-0.2, -0.15) is 5.26 Å². The summed E-state index contributed by atoms with van der Waals surface area (Å²) in [7, 11) is 2.16. The molecule has 0 N–H and O–H groups in total. The lowest BCUT2D eigenvalue weighted by Gasteiger charge is -2.38. The molecular weight excluding hydrogens is 210 g/mol. The standard InChI is InChI=1S/C14H19N3/c1-12-10-16(2)7-8-17(12)11-14-6-4-3-5-13(14)9-15/h3-6,12H,7-8,10-11H2,1-2H3. The summed E-state index contributed by atoms with van der Waals surface area (Å²) in [5.41, 5.74) is 1.95. The minimum Gasteiger partial charge on any atom is -0.304 e. The summed E-state index contributed by atoms with van der Waals surface area (Å²) in [6.45, 7) is 6.44. The minimum atomic E-state index is 0.556. The maximum Gasteiger partial charge on any atom is 0.0995 e. The number of hydrogen-bond acceptors (Lipinski definition) is 3. The highest BCUT2D eigenvalue weighted by atomic mass is 15.3. The molecule has 1 atom stereocenters. The number of piperazine rings is 1. The van der Waals surface area contributed by atoms with Crippen molar-refractivity contribution in [2.24, 2.45) is 0 Å². The van der Waals surface area contributed by atoms with Crippen LogP contribution >= 0.6 is 0 Å². The van der Waals surface area contributed by atoms with Crippen LogP contribution in [0, 0.1) is 11.3 Å². The Hall–Kier alpha value is -1.37. The van der Waals surface area contributed by atoms with E-state index in [0.717, 1.165) is 37.3 Å². The predicted molar refractivity (Wildman–Crippen MR) is 68.5 cm³/mol. The van der Waals surface area contributed by atoms with E-state index in [9.17, 15) is 0 Å². The van der Waals surface area contributed by atoms with E-state index in [2.05, 4.69) is 35.9 Å². The second kappa shape index (κ2) is 5.31. The molecule has 1 aliphatic rings. The van der Waals surface area contributed by atoms with E-state index in [0.29, 0.717) is 6.04 Å². The van der Waals surface area contributed by atoms with Crippen molar-refractivity contribution in [1.29, 1.82) is 5.26 Å². The Balaban J connectivity index is 2.08. The third-order valence-electron chi connectivity index (χ3n) is 3.48. The van der Waals surface area contributed by atoms with Gasteiger partial charge >= 0.3 is 0 Å². The highest BCUT2D eigenvalue weighted by molar-refractivity contribution is 5.37. The van der Waals surface area contributed by atoms with Crippen LogP contribution in [0.5, 0.6) is 0 Å². The van der Waals surface area contributed by atoms with Gasteiger partial charge in [0.25, 0.3) is 0 Å². The van der Waals surface area contributed by atoms with Gasteiger partial charge in [0.05, 0.1) is 11.6 Å². The van der Waals surface area contributed by atoms with Gasteiger partial charge in [-0.15, -0.1) is 0 Å². The van der Waals surface area contributed by atoms with Gasteiger partial charge in [-0.25, -0.2) is 0 Å². The number of rotatable bonds is 2. The molecule has 0 radical (unpaired) electrons. The monoisotopic (exact) mass is 229 g/mol. The van der Waals surface area contributed by atoms with Gasteiger partial charge in [0.1, 0.15) is 0 Å². The largest absolute Gasteiger partial charge is 0.304 e. The fraction of sp³-hybridized carbons (Fsp3) is 0.500. The number of benzene rings is 1. The zero-order chi connectivity index (χ0) is 12.3. The quantitative estimate of drug-likeness (QED) is 0.773. The van der Waals surface area contributed by atoms with Crippen LogP contribution in [0.25, 0.3) is 0 Å². The molecule has 0 saturated carbocycles. The topological polar surface area (TPSA) is 30.3 Å². The van der Waals surface area contributed by atoms with Crippen LogP contribution in [0.2, 0.25) is 0 Å². The molecule has 1 saturated heterocycles. The molecule has 3 heteroatoms. The van der Waals surface area contributed by atoms with Crippen LogP contribution in [0.1, 0.15) is 18.1 Å². The van der Waals surface area contributed by atoms with Crippen LogP contribution in [0.15, 0.2) is 24.3 Å². The molecular formula is C14H19N3. The Morgan fingerprint density at radius 1 is 1.35 bits per heavy atom. The summed E-state index contributed by atoms with van der Waals surface area (Å²) in [6, 6.07) is 10.7. The Bertz CT molecular complexity index is 422. The second-order valence-electron chi connectivity index (χ2n) is 4.85. The summed E-state index contributed by atoms with van der Waals surface area (Å²) < 4.78 is 0. The van der Waals surface area contributed by atoms with Gasteiger partial charge in [-0.05, 0) is 25.6 Å². The zero-order valence-corrected chi connectivity index (χ0v) is 10.6. The molecule has 17 heavy (non-hydrogen) atoms. The molecule has 0 bridgehead atoms. The first-order valence-corrected chi connectivity index (χ1v) is 6.11. The van der Waals surface area contributed by atoms with Crippen molar-refractivity contribution < 1.29 is 0 Å². The third kappa shape index (κ3) is 2.85. The fourth-order valence-corrected chi connectivity index (χ4v) is 2.40. The van der Waals surface area contributed by atoms with Crippen molar-refractivity contribution in [3.63, 3.8) is 0 Å². The molecule has 1 heterocycles. The van der Waals surface area contributed by atoms with Crippen LogP contribution < -0.4 is 0 Å². The van der Waals surface area contributed by atoms with Crippen molar-refractivity contribution in [3.8, 4) is 6.07 Å². The highest BCUT2D eigenvalue weighted by Gasteiger charge is 2.21. The lowest BCUT2D eigenvalue weighted by atomic mass is 10.1. The van der Waals surface area contributed by atoms with Crippen molar-refractivity contribution in [2.75, 3.05) is 26.7 Å². The fourth-order valence-electron chi connectivity index (χ4n) is 2.40. The van der Waals surface area contributed by atoms with Crippen molar-refractivity contribution in [2.45, 2.75) is 19.5 Å². The van der Waals surface area contributed by atoms with E-state index in [4.69, 9.17) is 5.26 Å². The van der Waals surface area contributed by atoms with E-state index in [1.807, 2.05) is 18.2 Å². The molecule has 1 aliphatic heterocycles. The van der Waals surface area contributed by atoms with E-state index < -0.39 is 0 Å². The SMILES string of the molecule is CC1CN(C)CCN1Cc1ccccc1C#N. The number of hydrogen-bond donors (Lipinski definition) is 0. The molecule has 0 spiro atoms. The van der Waals surface area contributed by atoms with Crippen molar-refractivity contribution in [3.05, 3.63) is 35.4 Å². The first kappa shape index (κ1) is 12.1. The first-order valence-electron chi connectivity index (χ1n) is 6.11. The van der Waals surface area contributed by atoms with Gasteiger partial charge in [0.2, 0.25) is 0 Å². The summed E-state index contributed by atoms with van der Waals surface area (Å²) in [5.74, 6) is 0. The average molecular weight is 229 g/mol. The molecule has 3 nitrogen and oxygen atoms in total. The zero-order valence-electron chi connectivity index (χ0n) is 10.6. The number of nitriles is 1. The van der Waals surface area contributed by atoms with Crippen LogP contribution in [-0.2, 0) is 6.54 Å². The van der Waals surface area contributed by atoms with Crippen LogP contribution in [-0.4, -0.2) is 42.5 Å². The van der Waals surface area contributed by atoms with Gasteiger partial charge < -0.3 is 4.90 Å². The summed E-state index contributed by atoms with van der Waals surface area (Å²) in [6.07, 6.45) is 0. The molecule has 0 aliphatic carbocycles. The number of likely N-dealkylation sites (N-methyl/N-ethyl adjacent to an activating group) is 1. The summed E-state index contributed by atoms with van der Waals surface area (Å²) in [5, 5.41) is 9.08. The minimum absolute atomic E-state index is 0.556. The molecule has 1 aromatic rings. The number of nitrogens with zero attached hydrogens (tertiary/aromatic N) is 3. The maximum atomic E-state index is 9.08. The lowest BCUT2D eigenvalue weighted by molar-refractivity contribution is 0.0938. The van der Waals surface area contributed by atoms with E-state index in [1.54, 1.807) is 0 Å². The van der Waals surface area contributed by atoms with Gasteiger partial charge in [-0.3, -0.25) is 4.90 Å². The van der Waals surface area contributed by atoms with Gasteiger partial charge in [-0.1, -0.05) is 18.2 Å². The molecule has 0 amide bonds. The molecule has 0 aromatic heterocycles. The molecule has 2 rings (SSSR count). The lowest BCUT2D eigenvalue weighted by Crippen LogP contribution is -2.49. The normalized spacial score (nSPS) is 22.3. The predicted octanol–water partition coefficient (Wildman–Crippen LogP) is 1.69. The van der Waals surface area contributed by atoms with Crippen LogP contribution in [0.3, 0.4) is 0 Å². The van der Waals surface area contributed by atoms with Crippen molar-refractivity contribution >= 4 is 0 Å². The molecule has 1 unspecified atom stereocenters.